The van der Waals surface area contributed by atoms with Gasteiger partial charge in [0.25, 0.3) is 0 Å². The van der Waals surface area contributed by atoms with Crippen LogP contribution < -0.4 is 5.19 Å². The van der Waals surface area contributed by atoms with Crippen molar-refractivity contribution in [2.45, 2.75) is 51.7 Å². The van der Waals surface area contributed by atoms with Gasteiger partial charge in [-0.25, -0.2) is 0 Å². The second-order valence-corrected chi connectivity index (χ2v) is 11.7. The number of hydrogen-bond acceptors (Lipinski definition) is 0. The van der Waals surface area contributed by atoms with Crippen molar-refractivity contribution in [1.29, 1.82) is 0 Å². The second-order valence-electron chi connectivity index (χ2n) is 6.47. The summed E-state index contributed by atoms with van der Waals surface area (Å²) in [5, 5.41) is 1.61. The van der Waals surface area contributed by atoms with Crippen LogP contribution in [0.25, 0.3) is 0 Å². The van der Waals surface area contributed by atoms with Gasteiger partial charge < -0.3 is 0 Å². The molecule has 0 aliphatic carbocycles. The van der Waals surface area contributed by atoms with Crippen LogP contribution >= 0.6 is 11.6 Å². The quantitative estimate of drug-likeness (QED) is 0.556. The fourth-order valence-electron chi connectivity index (χ4n) is 2.37. The van der Waals surface area contributed by atoms with Crippen LogP contribution in [0.3, 0.4) is 0 Å². The molecule has 1 aromatic rings. The van der Waals surface area contributed by atoms with Gasteiger partial charge in [-0.3, -0.25) is 0 Å². The molecule has 0 aliphatic heterocycles. The van der Waals surface area contributed by atoms with Crippen molar-refractivity contribution in [2.75, 3.05) is 5.88 Å². The minimum atomic E-state index is -1.34. The zero-order chi connectivity index (χ0) is 13.1. The molecule has 0 N–H and O–H groups in total. The van der Waals surface area contributed by atoms with E-state index in [9.17, 15) is 0 Å². The molecule has 0 saturated heterocycles. The van der Waals surface area contributed by atoms with Gasteiger partial charge in [-0.05, 0) is 17.4 Å². The maximum Gasteiger partial charge on any atom is 0.0810 e. The summed E-state index contributed by atoms with van der Waals surface area (Å²) >= 11 is 5.85. The molecule has 0 amide bonds. The fraction of sp³-hybridized carbons (Fsp3) is 0.600. The minimum absolute atomic E-state index is 0.238. The molecular formula is C15H25ClSi. The maximum absolute atomic E-state index is 5.85. The van der Waals surface area contributed by atoms with E-state index in [1.165, 1.54) is 11.6 Å². The molecule has 0 bridgehead atoms. The fourth-order valence-corrected chi connectivity index (χ4v) is 5.79. The van der Waals surface area contributed by atoms with E-state index >= 15 is 0 Å². The minimum Gasteiger partial charge on any atom is -0.127 e. The van der Waals surface area contributed by atoms with Crippen molar-refractivity contribution in [3.8, 4) is 0 Å². The third-order valence-corrected chi connectivity index (χ3v) is 7.16. The van der Waals surface area contributed by atoms with Gasteiger partial charge in [0.2, 0.25) is 0 Å². The molecule has 0 radical (unpaired) electrons. The van der Waals surface area contributed by atoms with E-state index in [4.69, 9.17) is 11.6 Å². The highest BCUT2D eigenvalue weighted by atomic mass is 35.5. The van der Waals surface area contributed by atoms with Crippen LogP contribution in [0.2, 0.25) is 19.1 Å². The highest BCUT2D eigenvalue weighted by Crippen LogP contribution is 2.24. The molecule has 0 atom stereocenters. The molecule has 0 saturated carbocycles. The van der Waals surface area contributed by atoms with Crippen molar-refractivity contribution < 1.29 is 0 Å². The molecule has 1 rings (SSSR count). The standard InChI is InChI=1S/C15H25ClSi/c1-15(2,3)13-9-6-7-10-14(13)17(4,5)12-8-11-16/h6-7,9-10H,8,11-12H2,1-5H3. The Balaban J connectivity index is 3.13. The first kappa shape index (κ1) is 14.8. The average Bonchev–Trinajstić information content (AvgIpc) is 2.25. The van der Waals surface area contributed by atoms with Gasteiger partial charge in [-0.15, -0.1) is 11.6 Å². The van der Waals surface area contributed by atoms with Crippen molar-refractivity contribution in [2.24, 2.45) is 0 Å². The Kier molecular flexibility index (Phi) is 4.85. The molecule has 0 unspecified atom stereocenters. The smallest absolute Gasteiger partial charge is 0.0810 e. The highest BCUT2D eigenvalue weighted by molar-refractivity contribution is 6.90. The number of halogens is 1. The van der Waals surface area contributed by atoms with Crippen LogP contribution in [0.5, 0.6) is 0 Å². The Morgan fingerprint density at radius 2 is 1.71 bits per heavy atom. The predicted octanol–water partition coefficient (Wildman–Crippen LogP) is 4.53. The Morgan fingerprint density at radius 1 is 1.12 bits per heavy atom. The van der Waals surface area contributed by atoms with Gasteiger partial charge in [0.05, 0.1) is 8.07 Å². The molecule has 0 aromatic heterocycles. The number of hydrogen-bond donors (Lipinski definition) is 0. The summed E-state index contributed by atoms with van der Waals surface area (Å²) in [6, 6.07) is 10.3. The van der Waals surface area contributed by atoms with Gasteiger partial charge in [0, 0.05) is 5.88 Å². The first-order chi connectivity index (χ1) is 7.79. The Morgan fingerprint density at radius 3 is 2.24 bits per heavy atom. The van der Waals surface area contributed by atoms with Gasteiger partial charge in [-0.2, -0.15) is 0 Å². The van der Waals surface area contributed by atoms with Gasteiger partial charge in [0.1, 0.15) is 0 Å². The summed E-state index contributed by atoms with van der Waals surface area (Å²) in [7, 11) is -1.34. The lowest BCUT2D eigenvalue weighted by Gasteiger charge is -2.31. The summed E-state index contributed by atoms with van der Waals surface area (Å²) in [5.41, 5.74) is 1.76. The van der Waals surface area contributed by atoms with Crippen molar-refractivity contribution in [3.05, 3.63) is 29.8 Å². The van der Waals surface area contributed by atoms with Crippen molar-refractivity contribution in [1.82, 2.24) is 0 Å². The van der Waals surface area contributed by atoms with E-state index in [1.807, 2.05) is 0 Å². The molecule has 0 fully saturated rings. The summed E-state index contributed by atoms with van der Waals surface area (Å²) < 4.78 is 0. The first-order valence-corrected chi connectivity index (χ1v) is 10.2. The van der Waals surface area contributed by atoms with E-state index in [2.05, 4.69) is 58.1 Å². The number of benzene rings is 1. The van der Waals surface area contributed by atoms with Crippen LogP contribution in [0.4, 0.5) is 0 Å². The van der Waals surface area contributed by atoms with Gasteiger partial charge in [-0.1, -0.05) is 69.4 Å². The van der Waals surface area contributed by atoms with Crippen LogP contribution in [-0.4, -0.2) is 14.0 Å². The third-order valence-electron chi connectivity index (χ3n) is 3.40. The van der Waals surface area contributed by atoms with Crippen molar-refractivity contribution in [3.63, 3.8) is 0 Å². The summed E-state index contributed by atoms with van der Waals surface area (Å²) in [5.74, 6) is 0.786. The topological polar surface area (TPSA) is 0 Å². The van der Waals surface area contributed by atoms with Crippen LogP contribution in [0, 0.1) is 0 Å². The van der Waals surface area contributed by atoms with E-state index in [-0.39, 0.29) is 5.41 Å². The molecule has 2 heteroatoms. The molecule has 0 heterocycles. The SMILES string of the molecule is CC(C)(C)c1ccccc1[Si](C)(C)CCCCl. The first-order valence-electron chi connectivity index (χ1n) is 6.45. The molecule has 0 aliphatic rings. The molecule has 96 valence electrons. The van der Waals surface area contributed by atoms with Crippen LogP contribution in [0.15, 0.2) is 24.3 Å². The zero-order valence-electron chi connectivity index (χ0n) is 11.8. The molecule has 0 spiro atoms. The maximum atomic E-state index is 5.85. The average molecular weight is 269 g/mol. The highest BCUT2D eigenvalue weighted by Gasteiger charge is 2.28. The van der Waals surface area contributed by atoms with E-state index in [0.29, 0.717) is 0 Å². The predicted molar refractivity (Wildman–Crippen MR) is 82.4 cm³/mol. The normalized spacial score (nSPS) is 12.8. The zero-order valence-corrected chi connectivity index (χ0v) is 13.6. The second kappa shape index (κ2) is 5.58. The van der Waals surface area contributed by atoms with E-state index in [1.54, 1.807) is 5.19 Å². The Labute approximate surface area is 112 Å². The van der Waals surface area contributed by atoms with E-state index in [0.717, 1.165) is 12.3 Å². The van der Waals surface area contributed by atoms with Gasteiger partial charge >= 0.3 is 0 Å². The lowest BCUT2D eigenvalue weighted by Crippen LogP contribution is -2.45. The lowest BCUT2D eigenvalue weighted by atomic mass is 9.87. The Bertz CT molecular complexity index is 363. The van der Waals surface area contributed by atoms with Gasteiger partial charge in [0.15, 0.2) is 0 Å². The molecular weight excluding hydrogens is 244 g/mol. The summed E-state index contributed by atoms with van der Waals surface area (Å²) in [4.78, 5) is 0. The number of rotatable bonds is 4. The van der Waals surface area contributed by atoms with Crippen LogP contribution in [0.1, 0.15) is 32.8 Å². The summed E-state index contributed by atoms with van der Waals surface area (Å²) in [6.45, 7) is 11.8. The van der Waals surface area contributed by atoms with Crippen LogP contribution in [-0.2, 0) is 5.41 Å². The summed E-state index contributed by atoms with van der Waals surface area (Å²) in [6.07, 6.45) is 1.14. The monoisotopic (exact) mass is 268 g/mol. The van der Waals surface area contributed by atoms with Crippen molar-refractivity contribution >= 4 is 24.9 Å². The number of alkyl halides is 1. The molecule has 1 aromatic carbocycles. The van der Waals surface area contributed by atoms with E-state index < -0.39 is 8.07 Å². The third kappa shape index (κ3) is 3.85. The molecule has 0 nitrogen and oxygen atoms in total. The Hall–Kier alpha value is -0.273. The lowest BCUT2D eigenvalue weighted by molar-refractivity contribution is 0.593. The largest absolute Gasteiger partial charge is 0.127 e. The molecule has 17 heavy (non-hydrogen) atoms.